The van der Waals surface area contributed by atoms with Crippen molar-refractivity contribution < 1.29 is 24.5 Å². The van der Waals surface area contributed by atoms with Crippen molar-refractivity contribution in [1.82, 2.24) is 0 Å². The second-order valence-corrected chi connectivity index (χ2v) is 5.17. The highest BCUT2D eigenvalue weighted by Crippen LogP contribution is 2.28. The summed E-state index contributed by atoms with van der Waals surface area (Å²) in [6.45, 7) is 1.90. The van der Waals surface area contributed by atoms with Crippen LogP contribution in [0.3, 0.4) is 0 Å². The summed E-state index contributed by atoms with van der Waals surface area (Å²) in [5, 5.41) is 18.0. The number of methoxy groups -OCH3 is 1. The number of benzene rings is 1. The number of aliphatic carboxylic acids is 1. The smallest absolute Gasteiger partial charge is 0.323 e. The van der Waals surface area contributed by atoms with Gasteiger partial charge in [0.1, 0.15) is 5.54 Å². The molecule has 6 nitrogen and oxygen atoms in total. The molecule has 0 bridgehead atoms. The van der Waals surface area contributed by atoms with Crippen molar-refractivity contribution >= 4 is 5.97 Å². The van der Waals surface area contributed by atoms with Crippen LogP contribution in [0, 0.1) is 0 Å². The van der Waals surface area contributed by atoms with Crippen molar-refractivity contribution in [2.45, 2.75) is 38.3 Å². The van der Waals surface area contributed by atoms with E-state index in [1.807, 2.05) is 0 Å². The van der Waals surface area contributed by atoms with Gasteiger partial charge >= 0.3 is 5.97 Å². The largest absolute Gasteiger partial charge is 0.493 e. The minimum absolute atomic E-state index is 0.0547. The summed E-state index contributed by atoms with van der Waals surface area (Å²) in [5.74, 6) is 0.170. The Kier molecular flexibility index (Phi) is 6.45. The summed E-state index contributed by atoms with van der Waals surface area (Å²) >= 11 is 0. The highest BCUT2D eigenvalue weighted by molar-refractivity contribution is 5.77. The highest BCUT2D eigenvalue weighted by Gasteiger charge is 2.26. The predicted molar refractivity (Wildman–Crippen MR) is 78.5 cm³/mol. The van der Waals surface area contributed by atoms with E-state index >= 15 is 0 Å². The van der Waals surface area contributed by atoms with Crippen LogP contribution in [0.15, 0.2) is 18.2 Å². The fourth-order valence-corrected chi connectivity index (χ4v) is 1.81. The van der Waals surface area contributed by atoms with Crippen molar-refractivity contribution in [1.29, 1.82) is 0 Å². The molecule has 1 unspecified atom stereocenters. The first-order valence-electron chi connectivity index (χ1n) is 6.83. The van der Waals surface area contributed by atoms with Gasteiger partial charge in [-0.15, -0.1) is 0 Å². The molecule has 0 aromatic heterocycles. The first-order chi connectivity index (χ1) is 9.90. The van der Waals surface area contributed by atoms with Crippen LogP contribution in [0.4, 0.5) is 0 Å². The first-order valence-corrected chi connectivity index (χ1v) is 6.83. The molecule has 0 aliphatic carbocycles. The number of aliphatic hydroxyl groups is 1. The van der Waals surface area contributed by atoms with Crippen molar-refractivity contribution in [3.63, 3.8) is 0 Å². The number of nitrogens with two attached hydrogens (primary N) is 1. The lowest BCUT2D eigenvalue weighted by Gasteiger charge is -2.18. The Hall–Kier alpha value is -1.79. The molecule has 1 atom stereocenters. The average molecular weight is 297 g/mol. The number of ether oxygens (including phenoxy) is 2. The lowest BCUT2D eigenvalue weighted by Crippen LogP contribution is -2.44. The molecule has 118 valence electrons. The Morgan fingerprint density at radius 2 is 2.05 bits per heavy atom. The van der Waals surface area contributed by atoms with Gasteiger partial charge in [-0.3, -0.25) is 4.79 Å². The topological polar surface area (TPSA) is 102 Å². The van der Waals surface area contributed by atoms with E-state index in [4.69, 9.17) is 25.4 Å². The van der Waals surface area contributed by atoms with Gasteiger partial charge < -0.3 is 25.4 Å². The number of carboxylic acids is 1. The molecule has 1 aromatic rings. The van der Waals surface area contributed by atoms with Crippen molar-refractivity contribution in [2.24, 2.45) is 5.73 Å². The van der Waals surface area contributed by atoms with E-state index in [1.54, 1.807) is 18.2 Å². The van der Waals surface area contributed by atoms with Crippen LogP contribution in [0.2, 0.25) is 0 Å². The zero-order chi connectivity index (χ0) is 15.9. The van der Waals surface area contributed by atoms with Crippen LogP contribution in [-0.2, 0) is 11.4 Å². The zero-order valence-electron chi connectivity index (χ0n) is 12.5. The summed E-state index contributed by atoms with van der Waals surface area (Å²) < 4.78 is 10.8. The maximum Gasteiger partial charge on any atom is 0.323 e. The summed E-state index contributed by atoms with van der Waals surface area (Å²) in [6.07, 6.45) is 1.76. The molecule has 0 aliphatic rings. The van der Waals surface area contributed by atoms with Gasteiger partial charge in [0.15, 0.2) is 11.5 Å². The van der Waals surface area contributed by atoms with E-state index < -0.39 is 11.5 Å². The van der Waals surface area contributed by atoms with Crippen LogP contribution in [0.1, 0.15) is 31.7 Å². The number of rotatable bonds is 9. The molecule has 6 heteroatoms. The van der Waals surface area contributed by atoms with Crippen LogP contribution < -0.4 is 15.2 Å². The van der Waals surface area contributed by atoms with E-state index in [0.29, 0.717) is 37.4 Å². The van der Waals surface area contributed by atoms with Crippen molar-refractivity contribution in [3.05, 3.63) is 23.8 Å². The molecule has 0 heterocycles. The van der Waals surface area contributed by atoms with Gasteiger partial charge in [-0.2, -0.15) is 0 Å². The number of hydrogen-bond acceptors (Lipinski definition) is 5. The third-order valence-corrected chi connectivity index (χ3v) is 3.25. The van der Waals surface area contributed by atoms with Gasteiger partial charge in [0.25, 0.3) is 0 Å². The molecule has 0 aliphatic heterocycles. The minimum Gasteiger partial charge on any atom is -0.493 e. The molecule has 21 heavy (non-hydrogen) atoms. The fourth-order valence-electron chi connectivity index (χ4n) is 1.81. The van der Waals surface area contributed by atoms with Gasteiger partial charge in [-0.05, 0) is 43.9 Å². The Labute approximate surface area is 124 Å². The van der Waals surface area contributed by atoms with E-state index in [-0.39, 0.29) is 6.61 Å². The molecular weight excluding hydrogens is 274 g/mol. The normalized spacial score (nSPS) is 13.5. The summed E-state index contributed by atoms with van der Waals surface area (Å²) in [6, 6.07) is 5.23. The maximum absolute atomic E-state index is 10.9. The van der Waals surface area contributed by atoms with E-state index in [1.165, 1.54) is 14.0 Å². The Bertz CT molecular complexity index is 473. The van der Waals surface area contributed by atoms with Crippen LogP contribution >= 0.6 is 0 Å². The molecule has 0 spiro atoms. The third kappa shape index (κ3) is 5.24. The van der Waals surface area contributed by atoms with E-state index in [2.05, 4.69) is 0 Å². The number of aliphatic hydroxyl groups excluding tert-OH is 1. The predicted octanol–water partition coefficient (Wildman–Crippen LogP) is 1.54. The lowest BCUT2D eigenvalue weighted by atomic mass is 9.97. The van der Waals surface area contributed by atoms with Crippen LogP contribution in [-0.4, -0.2) is 35.4 Å². The Morgan fingerprint density at radius 3 is 2.62 bits per heavy atom. The molecule has 0 fully saturated rings. The number of unbranched alkanes of at least 4 members (excludes halogenated alkanes) is 1. The van der Waals surface area contributed by atoms with Gasteiger partial charge in [-0.25, -0.2) is 0 Å². The first kappa shape index (κ1) is 17.3. The van der Waals surface area contributed by atoms with Gasteiger partial charge in [0, 0.05) is 0 Å². The van der Waals surface area contributed by atoms with Crippen LogP contribution in [0.25, 0.3) is 0 Å². The number of carboxylic acid groups (broad SMARTS) is 1. The molecule has 4 N–H and O–H groups in total. The molecule has 1 aromatic carbocycles. The number of hydrogen-bond donors (Lipinski definition) is 3. The summed E-state index contributed by atoms with van der Waals surface area (Å²) in [7, 11) is 1.54. The van der Waals surface area contributed by atoms with Crippen LogP contribution in [0.5, 0.6) is 11.5 Å². The van der Waals surface area contributed by atoms with Gasteiger partial charge in [0.05, 0.1) is 20.3 Å². The molecule has 0 radical (unpaired) electrons. The highest BCUT2D eigenvalue weighted by atomic mass is 16.5. The Balaban J connectivity index is 2.41. The second kappa shape index (κ2) is 7.85. The van der Waals surface area contributed by atoms with E-state index in [9.17, 15) is 4.79 Å². The van der Waals surface area contributed by atoms with Crippen molar-refractivity contribution in [3.8, 4) is 11.5 Å². The monoisotopic (exact) mass is 297 g/mol. The van der Waals surface area contributed by atoms with E-state index in [0.717, 1.165) is 5.56 Å². The van der Waals surface area contributed by atoms with Gasteiger partial charge in [-0.1, -0.05) is 6.07 Å². The third-order valence-electron chi connectivity index (χ3n) is 3.25. The fraction of sp³-hybridized carbons (Fsp3) is 0.533. The Morgan fingerprint density at radius 1 is 1.33 bits per heavy atom. The van der Waals surface area contributed by atoms with Crippen molar-refractivity contribution in [2.75, 3.05) is 13.7 Å². The molecular formula is C15H23NO5. The lowest BCUT2D eigenvalue weighted by molar-refractivity contribution is -0.142. The SMILES string of the molecule is COc1cc(CO)ccc1OCCCCC(C)(N)C(=O)O. The summed E-state index contributed by atoms with van der Waals surface area (Å²) in [4.78, 5) is 10.9. The van der Waals surface area contributed by atoms with Gasteiger partial charge in [0.2, 0.25) is 0 Å². The second-order valence-electron chi connectivity index (χ2n) is 5.17. The maximum atomic E-state index is 10.9. The number of carbonyl (C=O) groups is 1. The molecule has 0 saturated carbocycles. The molecule has 0 amide bonds. The quantitative estimate of drug-likeness (QED) is 0.598. The molecule has 0 saturated heterocycles. The standard InChI is InChI=1S/C15H23NO5/c1-15(16,14(18)19)7-3-4-8-21-12-6-5-11(10-17)9-13(12)20-2/h5-6,9,17H,3-4,7-8,10,16H2,1-2H3,(H,18,19). The summed E-state index contributed by atoms with van der Waals surface area (Å²) in [5.41, 5.74) is 5.20. The zero-order valence-corrected chi connectivity index (χ0v) is 12.5. The molecule has 1 rings (SSSR count). The minimum atomic E-state index is -1.19. The average Bonchev–Trinajstić information content (AvgIpc) is 2.46.